The molecule has 1 aromatic heterocycles. The van der Waals surface area contributed by atoms with Crippen LogP contribution in [0.15, 0.2) is 72.1 Å². The second-order valence-corrected chi connectivity index (χ2v) is 8.61. The number of aromatic nitrogens is 2. The van der Waals surface area contributed by atoms with Gasteiger partial charge in [-0.15, -0.1) is 0 Å². The predicted octanol–water partition coefficient (Wildman–Crippen LogP) is 4.15. The van der Waals surface area contributed by atoms with Gasteiger partial charge in [0.1, 0.15) is 0 Å². The molecule has 2 aromatic carbocycles. The van der Waals surface area contributed by atoms with Crippen molar-refractivity contribution < 1.29 is 9.59 Å². The van der Waals surface area contributed by atoms with E-state index in [9.17, 15) is 9.59 Å². The smallest absolute Gasteiger partial charge is 0.233 e. The molecule has 1 aliphatic rings. The maximum absolute atomic E-state index is 12.7. The minimum atomic E-state index is -0.0585. The lowest BCUT2D eigenvalue weighted by Gasteiger charge is -2.31. The lowest BCUT2D eigenvalue weighted by molar-refractivity contribution is -0.132. The highest BCUT2D eigenvalue weighted by molar-refractivity contribution is 7.99. The number of imidazole rings is 1. The molecule has 3 aromatic rings. The van der Waals surface area contributed by atoms with Gasteiger partial charge in [-0.05, 0) is 43.5 Å². The number of rotatable bonds is 6. The normalized spacial score (nSPS) is 14.4. The monoisotopic (exact) mass is 434 g/mol. The first-order valence-electron chi connectivity index (χ1n) is 10.5. The number of amides is 2. The van der Waals surface area contributed by atoms with Crippen LogP contribution in [-0.2, 0) is 9.59 Å². The molecule has 0 radical (unpaired) electrons. The maximum Gasteiger partial charge on any atom is 0.233 e. The molecular weight excluding hydrogens is 408 g/mol. The van der Waals surface area contributed by atoms with E-state index < -0.39 is 0 Å². The molecule has 0 atom stereocenters. The van der Waals surface area contributed by atoms with Crippen LogP contribution in [0.4, 0.5) is 5.69 Å². The van der Waals surface area contributed by atoms with E-state index in [4.69, 9.17) is 0 Å². The van der Waals surface area contributed by atoms with E-state index in [0.717, 1.165) is 22.1 Å². The molecule has 0 aliphatic carbocycles. The van der Waals surface area contributed by atoms with Crippen LogP contribution in [0.1, 0.15) is 18.4 Å². The fourth-order valence-corrected chi connectivity index (χ4v) is 4.66. The minimum Gasteiger partial charge on any atom is -0.342 e. The van der Waals surface area contributed by atoms with Crippen molar-refractivity contribution in [2.75, 3.05) is 24.2 Å². The number of nitrogens with one attached hydrogen (secondary N) is 1. The quantitative estimate of drug-likeness (QED) is 0.592. The van der Waals surface area contributed by atoms with Gasteiger partial charge in [0.15, 0.2) is 5.16 Å². The average molecular weight is 435 g/mol. The highest BCUT2D eigenvalue weighted by atomic mass is 32.2. The Morgan fingerprint density at radius 2 is 1.77 bits per heavy atom. The molecular formula is C24H26N4O2S. The average Bonchev–Trinajstić information content (AvgIpc) is 3.27. The van der Waals surface area contributed by atoms with Crippen LogP contribution >= 0.6 is 11.8 Å². The first kappa shape index (κ1) is 21.2. The number of likely N-dealkylation sites (tertiary alicyclic amines) is 1. The fraction of sp³-hybridized carbons (Fsp3) is 0.292. The lowest BCUT2D eigenvalue weighted by atomic mass is 9.96. The first-order valence-corrected chi connectivity index (χ1v) is 11.5. The molecule has 2 heterocycles. The first-order chi connectivity index (χ1) is 15.1. The van der Waals surface area contributed by atoms with E-state index >= 15 is 0 Å². The zero-order valence-electron chi connectivity index (χ0n) is 17.5. The molecule has 0 unspecified atom stereocenters. The van der Waals surface area contributed by atoms with E-state index in [-0.39, 0.29) is 17.7 Å². The van der Waals surface area contributed by atoms with Crippen LogP contribution in [0.5, 0.6) is 0 Å². The predicted molar refractivity (Wildman–Crippen MR) is 123 cm³/mol. The molecule has 6 nitrogen and oxygen atoms in total. The van der Waals surface area contributed by atoms with Crippen LogP contribution in [0, 0.1) is 12.8 Å². The molecule has 1 fully saturated rings. The van der Waals surface area contributed by atoms with Gasteiger partial charge >= 0.3 is 0 Å². The number of nitrogens with zero attached hydrogens (tertiary/aromatic N) is 3. The highest BCUT2D eigenvalue weighted by Crippen LogP contribution is 2.24. The summed E-state index contributed by atoms with van der Waals surface area (Å²) in [7, 11) is 0. The van der Waals surface area contributed by atoms with E-state index in [1.165, 1.54) is 11.8 Å². The van der Waals surface area contributed by atoms with E-state index in [0.29, 0.717) is 31.7 Å². The van der Waals surface area contributed by atoms with Gasteiger partial charge in [-0.2, -0.15) is 0 Å². The number of carbonyl (C=O) groups is 2. The maximum atomic E-state index is 12.7. The Labute approximate surface area is 186 Å². The molecule has 0 saturated carbocycles. The summed E-state index contributed by atoms with van der Waals surface area (Å²) in [6.45, 7) is 3.28. The minimum absolute atomic E-state index is 0.0351. The van der Waals surface area contributed by atoms with Crippen molar-refractivity contribution in [3.63, 3.8) is 0 Å². The second kappa shape index (κ2) is 9.83. The fourth-order valence-electron chi connectivity index (χ4n) is 3.79. The summed E-state index contributed by atoms with van der Waals surface area (Å²) < 4.78 is 2.02. The molecule has 2 amide bonds. The lowest BCUT2D eigenvalue weighted by Crippen LogP contribution is -2.42. The molecule has 1 saturated heterocycles. The zero-order chi connectivity index (χ0) is 21.6. The Morgan fingerprint density at radius 3 is 2.52 bits per heavy atom. The molecule has 0 spiro atoms. The number of piperidine rings is 1. The largest absolute Gasteiger partial charge is 0.342 e. The number of thioether (sulfide) groups is 1. The summed E-state index contributed by atoms with van der Waals surface area (Å²) in [5.41, 5.74) is 3.04. The van der Waals surface area contributed by atoms with Crippen LogP contribution in [-0.4, -0.2) is 45.1 Å². The van der Waals surface area contributed by atoms with Crippen molar-refractivity contribution in [2.24, 2.45) is 5.92 Å². The number of para-hydroxylation sites is 2. The molecule has 1 N–H and O–H groups in total. The number of aryl methyl sites for hydroxylation is 1. The van der Waals surface area contributed by atoms with Crippen molar-refractivity contribution in [2.45, 2.75) is 24.9 Å². The molecule has 4 rings (SSSR count). The van der Waals surface area contributed by atoms with Gasteiger partial charge < -0.3 is 10.2 Å². The van der Waals surface area contributed by atoms with Gasteiger partial charge in [-0.25, -0.2) is 4.98 Å². The summed E-state index contributed by atoms with van der Waals surface area (Å²) >= 11 is 1.45. The van der Waals surface area contributed by atoms with Gasteiger partial charge in [-0.1, -0.05) is 48.2 Å². The third-order valence-electron chi connectivity index (χ3n) is 5.57. The number of hydrogen-bond acceptors (Lipinski definition) is 4. The Bertz CT molecular complexity index is 1040. The molecule has 7 heteroatoms. The Morgan fingerprint density at radius 1 is 1.06 bits per heavy atom. The van der Waals surface area contributed by atoms with Crippen molar-refractivity contribution in [3.8, 4) is 5.69 Å². The summed E-state index contributed by atoms with van der Waals surface area (Å²) in [5.74, 6) is 0.403. The van der Waals surface area contributed by atoms with E-state index in [1.807, 2.05) is 64.2 Å². The van der Waals surface area contributed by atoms with Gasteiger partial charge in [0.05, 0.1) is 11.4 Å². The molecule has 0 bridgehead atoms. The van der Waals surface area contributed by atoms with Gasteiger partial charge in [0.25, 0.3) is 0 Å². The summed E-state index contributed by atoms with van der Waals surface area (Å²) in [5, 5.41) is 3.77. The van der Waals surface area contributed by atoms with Crippen molar-refractivity contribution >= 4 is 29.3 Å². The zero-order valence-corrected chi connectivity index (χ0v) is 18.3. The number of carbonyl (C=O) groups excluding carboxylic acids is 2. The van der Waals surface area contributed by atoms with Crippen LogP contribution in [0.25, 0.3) is 5.69 Å². The topological polar surface area (TPSA) is 67.2 Å². The Hall–Kier alpha value is -3.06. The van der Waals surface area contributed by atoms with Crippen LogP contribution < -0.4 is 5.32 Å². The third kappa shape index (κ3) is 5.17. The van der Waals surface area contributed by atoms with Crippen molar-refractivity contribution in [1.82, 2.24) is 14.5 Å². The summed E-state index contributed by atoms with van der Waals surface area (Å²) in [4.78, 5) is 31.5. The molecule has 1 aliphatic heterocycles. The van der Waals surface area contributed by atoms with Gasteiger partial charge in [0, 0.05) is 37.1 Å². The van der Waals surface area contributed by atoms with Gasteiger partial charge in [-0.3, -0.25) is 14.2 Å². The highest BCUT2D eigenvalue weighted by Gasteiger charge is 2.27. The molecule has 160 valence electrons. The van der Waals surface area contributed by atoms with Crippen molar-refractivity contribution in [1.29, 1.82) is 0 Å². The summed E-state index contributed by atoms with van der Waals surface area (Å²) in [6, 6.07) is 17.6. The van der Waals surface area contributed by atoms with Gasteiger partial charge in [0.2, 0.25) is 11.8 Å². The van der Waals surface area contributed by atoms with Crippen LogP contribution in [0.2, 0.25) is 0 Å². The third-order valence-corrected chi connectivity index (χ3v) is 6.52. The van der Waals surface area contributed by atoms with Crippen LogP contribution in [0.3, 0.4) is 0 Å². The standard InChI is InChI=1S/C24H26N4O2S/c1-18-7-5-6-10-21(18)28-16-13-25-24(28)31-17-22(29)27-14-11-19(12-15-27)23(30)26-20-8-3-2-4-9-20/h2-10,13,16,19H,11-12,14-15,17H2,1H3,(H,26,30). The Balaban J connectivity index is 1.28. The number of hydrogen-bond donors (Lipinski definition) is 1. The van der Waals surface area contributed by atoms with E-state index in [1.54, 1.807) is 6.20 Å². The number of benzene rings is 2. The SMILES string of the molecule is Cc1ccccc1-n1ccnc1SCC(=O)N1CCC(C(=O)Nc2ccccc2)CC1. The van der Waals surface area contributed by atoms with E-state index in [2.05, 4.69) is 23.3 Å². The Kier molecular flexibility index (Phi) is 6.72. The number of anilines is 1. The second-order valence-electron chi connectivity index (χ2n) is 7.67. The molecule has 31 heavy (non-hydrogen) atoms. The summed E-state index contributed by atoms with van der Waals surface area (Å²) in [6.07, 6.45) is 5.06. The van der Waals surface area contributed by atoms with Crippen molar-refractivity contribution in [3.05, 3.63) is 72.6 Å².